The van der Waals surface area contributed by atoms with Crippen molar-refractivity contribution in [2.75, 3.05) is 24.7 Å². The van der Waals surface area contributed by atoms with Crippen LogP contribution in [0.3, 0.4) is 0 Å². The molecule has 1 saturated heterocycles. The Labute approximate surface area is 168 Å². The van der Waals surface area contributed by atoms with Crippen LogP contribution in [-0.2, 0) is 11.2 Å². The normalized spacial score (nSPS) is 22.6. The van der Waals surface area contributed by atoms with Crippen molar-refractivity contribution in [2.45, 2.75) is 50.4 Å². The summed E-state index contributed by atoms with van der Waals surface area (Å²) in [5.74, 6) is 1.05. The first-order valence-corrected chi connectivity index (χ1v) is 10.1. The van der Waals surface area contributed by atoms with Gasteiger partial charge in [0.25, 0.3) is 0 Å². The molecule has 0 bridgehead atoms. The molecule has 1 unspecified atom stereocenters. The number of rotatable bonds is 5. The second-order valence-corrected chi connectivity index (χ2v) is 8.20. The molecule has 2 fully saturated rings. The van der Waals surface area contributed by atoms with Gasteiger partial charge in [-0.25, -0.2) is 9.18 Å². The molecule has 0 radical (unpaired) electrons. The van der Waals surface area contributed by atoms with Gasteiger partial charge in [0.05, 0.1) is 37.3 Å². The van der Waals surface area contributed by atoms with Crippen molar-refractivity contribution in [1.29, 1.82) is 0 Å². The molecule has 3 heterocycles. The van der Waals surface area contributed by atoms with Crippen LogP contribution in [0, 0.1) is 0 Å². The van der Waals surface area contributed by atoms with Crippen molar-refractivity contribution in [3.63, 3.8) is 0 Å². The number of ether oxygens (including phenoxy) is 3. The molecular formula is C21H24FN3O4. The number of anilines is 1. The number of hydrogen-bond acceptors (Lipinski definition) is 5. The van der Waals surface area contributed by atoms with Crippen LogP contribution in [0.5, 0.6) is 11.5 Å². The lowest BCUT2D eigenvalue weighted by atomic mass is 9.96. The van der Waals surface area contributed by atoms with Crippen molar-refractivity contribution in [3.8, 4) is 11.5 Å². The number of carbonyl (C=O) groups is 1. The smallest absolute Gasteiger partial charge is 0.420 e. The van der Waals surface area contributed by atoms with Gasteiger partial charge < -0.3 is 14.2 Å². The highest BCUT2D eigenvalue weighted by Crippen LogP contribution is 2.38. The summed E-state index contributed by atoms with van der Waals surface area (Å²) < 4.78 is 32.4. The standard InChI is InChI=1S/C21H24FN3O4/c1-14-5-8-17-18(3-2-4-19(17)28-13-21(22)11-27-12-21)25(14)20(26)29-16-9-23-24(10-16)15-6-7-15/h2-4,9-10,14-15H,5-8,11-13H2,1H3. The monoisotopic (exact) mass is 401 g/mol. The quantitative estimate of drug-likeness (QED) is 0.765. The Hall–Kier alpha value is -2.61. The number of fused-ring (bicyclic) bond motifs is 1. The third-order valence-corrected chi connectivity index (χ3v) is 5.73. The Balaban J connectivity index is 1.35. The van der Waals surface area contributed by atoms with Crippen LogP contribution >= 0.6 is 0 Å². The molecule has 7 nitrogen and oxygen atoms in total. The van der Waals surface area contributed by atoms with Gasteiger partial charge in [0.1, 0.15) is 12.4 Å². The van der Waals surface area contributed by atoms with Gasteiger partial charge in [-0.2, -0.15) is 5.10 Å². The molecule has 0 spiro atoms. The number of aromatic nitrogens is 2. The average molecular weight is 401 g/mol. The number of benzene rings is 1. The fraction of sp³-hybridized carbons (Fsp3) is 0.524. The second-order valence-electron chi connectivity index (χ2n) is 8.20. The molecule has 8 heteroatoms. The summed E-state index contributed by atoms with van der Waals surface area (Å²) in [6.07, 6.45) is 6.65. The SMILES string of the molecule is CC1CCc2c(OCC3(F)COC3)cccc2N1C(=O)Oc1cnn(C2CC2)c1. The molecule has 1 aliphatic carbocycles. The second kappa shape index (κ2) is 7.02. The maximum Gasteiger partial charge on any atom is 0.420 e. The van der Waals surface area contributed by atoms with Crippen molar-refractivity contribution >= 4 is 11.8 Å². The summed E-state index contributed by atoms with van der Waals surface area (Å²) in [5.41, 5.74) is 0.226. The minimum atomic E-state index is -1.43. The molecule has 29 heavy (non-hydrogen) atoms. The molecule has 2 aromatic rings. The molecule has 1 aromatic carbocycles. The molecule has 5 rings (SSSR count). The highest BCUT2D eigenvalue weighted by molar-refractivity contribution is 5.91. The lowest BCUT2D eigenvalue weighted by molar-refractivity contribution is -0.146. The first-order chi connectivity index (χ1) is 14.0. The van der Waals surface area contributed by atoms with E-state index in [1.165, 1.54) is 0 Å². The van der Waals surface area contributed by atoms with Gasteiger partial charge in [-0.05, 0) is 44.7 Å². The Kier molecular flexibility index (Phi) is 4.46. The number of alkyl halides is 1. The van der Waals surface area contributed by atoms with Gasteiger partial charge in [-0.1, -0.05) is 6.07 Å². The van der Waals surface area contributed by atoms with Crippen LogP contribution in [0.15, 0.2) is 30.6 Å². The van der Waals surface area contributed by atoms with E-state index in [0.717, 1.165) is 36.9 Å². The van der Waals surface area contributed by atoms with Gasteiger partial charge in [0, 0.05) is 11.6 Å². The fourth-order valence-corrected chi connectivity index (χ4v) is 3.84. The minimum absolute atomic E-state index is 0.0173. The van der Waals surface area contributed by atoms with Gasteiger partial charge >= 0.3 is 6.09 Å². The zero-order valence-corrected chi connectivity index (χ0v) is 16.3. The van der Waals surface area contributed by atoms with Crippen LogP contribution in [-0.4, -0.2) is 47.4 Å². The maximum atomic E-state index is 14.3. The van der Waals surface area contributed by atoms with E-state index in [-0.39, 0.29) is 25.9 Å². The fourth-order valence-electron chi connectivity index (χ4n) is 3.84. The summed E-state index contributed by atoms with van der Waals surface area (Å²) in [5, 5.41) is 4.27. The predicted molar refractivity (Wildman–Crippen MR) is 103 cm³/mol. The molecule has 2 aliphatic heterocycles. The third-order valence-electron chi connectivity index (χ3n) is 5.73. The van der Waals surface area contributed by atoms with E-state index in [0.29, 0.717) is 17.5 Å². The number of nitrogens with zero attached hydrogens (tertiary/aromatic N) is 3. The maximum absolute atomic E-state index is 14.3. The van der Waals surface area contributed by atoms with Crippen molar-refractivity contribution in [3.05, 3.63) is 36.2 Å². The van der Waals surface area contributed by atoms with Crippen molar-refractivity contribution in [2.24, 2.45) is 0 Å². The summed E-state index contributed by atoms with van der Waals surface area (Å²) in [6.45, 7) is 2.06. The Bertz CT molecular complexity index is 922. The van der Waals surface area contributed by atoms with Crippen molar-refractivity contribution in [1.82, 2.24) is 9.78 Å². The average Bonchev–Trinajstić information content (AvgIpc) is 3.44. The Morgan fingerprint density at radius 1 is 1.34 bits per heavy atom. The number of halogens is 1. The summed E-state index contributed by atoms with van der Waals surface area (Å²) in [7, 11) is 0. The van der Waals surface area contributed by atoms with E-state index in [9.17, 15) is 9.18 Å². The lowest BCUT2D eigenvalue weighted by Crippen LogP contribution is -2.50. The third kappa shape index (κ3) is 3.57. The number of hydrogen-bond donors (Lipinski definition) is 0. The van der Waals surface area contributed by atoms with Crippen LogP contribution in [0.2, 0.25) is 0 Å². The molecule has 3 aliphatic rings. The van der Waals surface area contributed by atoms with E-state index >= 15 is 0 Å². The van der Waals surface area contributed by atoms with Gasteiger partial charge in [-0.15, -0.1) is 0 Å². The van der Waals surface area contributed by atoms with E-state index in [4.69, 9.17) is 14.2 Å². The first kappa shape index (κ1) is 18.4. The number of amides is 1. The molecular weight excluding hydrogens is 377 g/mol. The predicted octanol–water partition coefficient (Wildman–Crippen LogP) is 3.68. The van der Waals surface area contributed by atoms with E-state index in [2.05, 4.69) is 5.10 Å². The first-order valence-electron chi connectivity index (χ1n) is 10.1. The molecule has 1 aromatic heterocycles. The summed E-state index contributed by atoms with van der Waals surface area (Å²) in [6, 6.07) is 5.93. The molecule has 1 atom stereocenters. The Morgan fingerprint density at radius 2 is 2.17 bits per heavy atom. The van der Waals surface area contributed by atoms with Crippen LogP contribution < -0.4 is 14.4 Å². The van der Waals surface area contributed by atoms with E-state index < -0.39 is 11.8 Å². The highest BCUT2D eigenvalue weighted by atomic mass is 19.1. The van der Waals surface area contributed by atoms with Crippen LogP contribution in [0.25, 0.3) is 0 Å². The zero-order valence-electron chi connectivity index (χ0n) is 16.3. The topological polar surface area (TPSA) is 65.8 Å². The zero-order chi connectivity index (χ0) is 20.0. The van der Waals surface area contributed by atoms with E-state index in [1.54, 1.807) is 17.3 Å². The summed E-state index contributed by atoms with van der Waals surface area (Å²) >= 11 is 0. The molecule has 0 N–H and O–H groups in total. The molecule has 1 amide bonds. The molecule has 1 saturated carbocycles. The van der Waals surface area contributed by atoms with Crippen LogP contribution in [0.4, 0.5) is 14.9 Å². The van der Waals surface area contributed by atoms with E-state index in [1.807, 2.05) is 29.8 Å². The largest absolute Gasteiger partial charge is 0.490 e. The van der Waals surface area contributed by atoms with Crippen molar-refractivity contribution < 1.29 is 23.4 Å². The van der Waals surface area contributed by atoms with Gasteiger partial charge in [0.2, 0.25) is 0 Å². The summed E-state index contributed by atoms with van der Waals surface area (Å²) in [4.78, 5) is 14.6. The van der Waals surface area contributed by atoms with Gasteiger partial charge in [-0.3, -0.25) is 9.58 Å². The number of carbonyl (C=O) groups excluding carboxylic acids is 1. The Morgan fingerprint density at radius 3 is 2.90 bits per heavy atom. The molecule has 154 valence electrons. The lowest BCUT2D eigenvalue weighted by Gasteiger charge is -2.36. The highest BCUT2D eigenvalue weighted by Gasteiger charge is 2.40. The minimum Gasteiger partial charge on any atom is -0.490 e. The van der Waals surface area contributed by atoms with Gasteiger partial charge in [0.15, 0.2) is 11.4 Å². The van der Waals surface area contributed by atoms with Crippen LogP contribution in [0.1, 0.15) is 37.8 Å².